The average molecular weight is 315 g/mol. The molecule has 0 unspecified atom stereocenters. The summed E-state index contributed by atoms with van der Waals surface area (Å²) in [5.41, 5.74) is -0.354. The highest BCUT2D eigenvalue weighted by Crippen LogP contribution is 2.29. The van der Waals surface area contributed by atoms with E-state index in [0.29, 0.717) is 5.69 Å². The molecule has 2 rings (SSSR count). The maximum atomic E-state index is 12.6. The number of para-hydroxylation sites is 1. The standard InChI is InChI=1S/C15H13N3O5/c1-10-13(8-12(17(20)21)9-14(10)18(22)23)15(19)16(2)11-6-4-3-5-7-11/h3-9H,1-2H3. The molecule has 118 valence electrons. The molecule has 2 aromatic carbocycles. The number of nitrogens with zero attached hydrogens (tertiary/aromatic N) is 3. The Hall–Kier alpha value is -3.29. The highest BCUT2D eigenvalue weighted by Gasteiger charge is 2.26. The number of rotatable bonds is 4. The molecular formula is C15H13N3O5. The van der Waals surface area contributed by atoms with E-state index in [1.54, 1.807) is 30.3 Å². The first-order valence-corrected chi connectivity index (χ1v) is 6.59. The van der Waals surface area contributed by atoms with Crippen molar-refractivity contribution in [3.8, 4) is 0 Å². The van der Waals surface area contributed by atoms with E-state index < -0.39 is 27.1 Å². The molecule has 0 fully saturated rings. The van der Waals surface area contributed by atoms with E-state index in [4.69, 9.17) is 0 Å². The van der Waals surface area contributed by atoms with Gasteiger partial charge >= 0.3 is 0 Å². The molecule has 0 N–H and O–H groups in total. The second kappa shape index (κ2) is 6.22. The van der Waals surface area contributed by atoms with Crippen LogP contribution in [0.15, 0.2) is 42.5 Å². The molecule has 0 aliphatic carbocycles. The summed E-state index contributed by atoms with van der Waals surface area (Å²) >= 11 is 0. The lowest BCUT2D eigenvalue weighted by atomic mass is 10.0. The van der Waals surface area contributed by atoms with Crippen molar-refractivity contribution >= 4 is 23.0 Å². The molecule has 0 aromatic heterocycles. The summed E-state index contributed by atoms with van der Waals surface area (Å²) < 4.78 is 0. The number of carbonyl (C=O) groups is 1. The van der Waals surface area contributed by atoms with Gasteiger partial charge in [-0.05, 0) is 19.1 Å². The van der Waals surface area contributed by atoms with Crippen LogP contribution in [0, 0.1) is 27.2 Å². The lowest BCUT2D eigenvalue weighted by Gasteiger charge is -2.18. The third kappa shape index (κ3) is 3.15. The van der Waals surface area contributed by atoms with Crippen LogP contribution >= 0.6 is 0 Å². The molecule has 0 bridgehead atoms. The van der Waals surface area contributed by atoms with Crippen molar-refractivity contribution in [2.75, 3.05) is 11.9 Å². The van der Waals surface area contributed by atoms with Crippen molar-refractivity contribution in [2.24, 2.45) is 0 Å². The van der Waals surface area contributed by atoms with Gasteiger partial charge < -0.3 is 4.90 Å². The third-order valence-corrected chi connectivity index (χ3v) is 3.45. The third-order valence-electron chi connectivity index (χ3n) is 3.45. The van der Waals surface area contributed by atoms with Gasteiger partial charge in [-0.25, -0.2) is 0 Å². The Morgan fingerprint density at radius 2 is 1.65 bits per heavy atom. The van der Waals surface area contributed by atoms with Gasteiger partial charge in [-0.15, -0.1) is 0 Å². The molecule has 8 heteroatoms. The summed E-state index contributed by atoms with van der Waals surface area (Å²) in [6.07, 6.45) is 0. The van der Waals surface area contributed by atoms with Crippen LogP contribution in [-0.4, -0.2) is 22.8 Å². The molecule has 8 nitrogen and oxygen atoms in total. The molecule has 0 radical (unpaired) electrons. The number of hydrogen-bond acceptors (Lipinski definition) is 5. The molecule has 23 heavy (non-hydrogen) atoms. The highest BCUT2D eigenvalue weighted by molar-refractivity contribution is 6.07. The lowest BCUT2D eigenvalue weighted by Crippen LogP contribution is -2.27. The number of benzene rings is 2. The zero-order chi connectivity index (χ0) is 17.1. The minimum Gasteiger partial charge on any atom is -0.311 e. The monoisotopic (exact) mass is 315 g/mol. The fourth-order valence-corrected chi connectivity index (χ4v) is 2.15. The molecule has 2 aromatic rings. The highest BCUT2D eigenvalue weighted by atomic mass is 16.6. The molecule has 1 amide bonds. The lowest BCUT2D eigenvalue weighted by molar-refractivity contribution is -0.394. The number of hydrogen-bond donors (Lipinski definition) is 0. The van der Waals surface area contributed by atoms with E-state index in [9.17, 15) is 25.0 Å². The van der Waals surface area contributed by atoms with Crippen molar-refractivity contribution in [3.05, 3.63) is 73.8 Å². The van der Waals surface area contributed by atoms with Crippen molar-refractivity contribution in [2.45, 2.75) is 6.92 Å². The van der Waals surface area contributed by atoms with Gasteiger partial charge in [-0.2, -0.15) is 0 Å². The summed E-state index contributed by atoms with van der Waals surface area (Å²) in [6.45, 7) is 1.40. The van der Waals surface area contributed by atoms with Crippen molar-refractivity contribution in [1.82, 2.24) is 0 Å². The SMILES string of the molecule is Cc1c(C(=O)N(C)c2ccccc2)cc([N+](=O)[O-])cc1[N+](=O)[O-]. The van der Waals surface area contributed by atoms with E-state index in [2.05, 4.69) is 0 Å². The fraction of sp³-hybridized carbons (Fsp3) is 0.133. The second-order valence-electron chi connectivity index (χ2n) is 4.85. The number of non-ortho nitro benzene ring substituents is 1. The van der Waals surface area contributed by atoms with Crippen LogP contribution < -0.4 is 4.90 Å². The predicted molar refractivity (Wildman–Crippen MR) is 83.7 cm³/mol. The molecule has 0 saturated heterocycles. The first-order chi connectivity index (χ1) is 10.8. The molecule has 0 spiro atoms. The quantitative estimate of drug-likeness (QED) is 0.636. The summed E-state index contributed by atoms with van der Waals surface area (Å²) in [7, 11) is 1.50. The smallest absolute Gasteiger partial charge is 0.279 e. The van der Waals surface area contributed by atoms with Crippen molar-refractivity contribution < 1.29 is 14.6 Å². The molecule has 0 atom stereocenters. The van der Waals surface area contributed by atoms with Gasteiger partial charge in [0, 0.05) is 24.4 Å². The van der Waals surface area contributed by atoms with Crippen LogP contribution in [0.2, 0.25) is 0 Å². The van der Waals surface area contributed by atoms with Gasteiger partial charge in [0.1, 0.15) is 0 Å². The maximum absolute atomic E-state index is 12.6. The summed E-state index contributed by atoms with van der Waals surface area (Å²) in [4.78, 5) is 34.4. The van der Waals surface area contributed by atoms with Crippen molar-refractivity contribution in [1.29, 1.82) is 0 Å². The largest absolute Gasteiger partial charge is 0.311 e. The van der Waals surface area contributed by atoms with Crippen LogP contribution in [0.1, 0.15) is 15.9 Å². The van der Waals surface area contributed by atoms with Crippen molar-refractivity contribution in [3.63, 3.8) is 0 Å². The van der Waals surface area contributed by atoms with Gasteiger partial charge in [0.05, 0.1) is 21.5 Å². The van der Waals surface area contributed by atoms with Gasteiger partial charge in [-0.3, -0.25) is 25.0 Å². The van der Waals surface area contributed by atoms with Crippen LogP contribution in [0.4, 0.5) is 17.1 Å². The molecular weight excluding hydrogens is 302 g/mol. The predicted octanol–water partition coefficient (Wildman–Crippen LogP) is 3.09. The number of amides is 1. The van der Waals surface area contributed by atoms with Crippen LogP contribution in [0.3, 0.4) is 0 Å². The fourth-order valence-electron chi connectivity index (χ4n) is 2.15. The topological polar surface area (TPSA) is 107 Å². The normalized spacial score (nSPS) is 10.2. The Morgan fingerprint density at radius 1 is 1.04 bits per heavy atom. The van der Waals surface area contributed by atoms with E-state index >= 15 is 0 Å². The van der Waals surface area contributed by atoms with E-state index in [0.717, 1.165) is 12.1 Å². The van der Waals surface area contributed by atoms with Gasteiger partial charge in [0.2, 0.25) is 0 Å². The van der Waals surface area contributed by atoms with E-state index in [1.165, 1.54) is 18.9 Å². The van der Waals surface area contributed by atoms with E-state index in [1.807, 2.05) is 0 Å². The number of carbonyl (C=O) groups excluding carboxylic acids is 1. The van der Waals surface area contributed by atoms with Crippen LogP contribution in [-0.2, 0) is 0 Å². The Kier molecular flexibility index (Phi) is 4.35. The molecule has 0 aliphatic heterocycles. The Morgan fingerprint density at radius 3 is 2.17 bits per heavy atom. The van der Waals surface area contributed by atoms with Gasteiger partial charge in [0.15, 0.2) is 0 Å². The zero-order valence-electron chi connectivity index (χ0n) is 12.4. The second-order valence-corrected chi connectivity index (χ2v) is 4.85. The average Bonchev–Trinajstić information content (AvgIpc) is 2.54. The first kappa shape index (κ1) is 16.1. The van der Waals surface area contributed by atoms with E-state index in [-0.39, 0.29) is 11.1 Å². The van der Waals surface area contributed by atoms with Gasteiger partial charge in [0.25, 0.3) is 17.3 Å². The first-order valence-electron chi connectivity index (χ1n) is 6.59. The van der Waals surface area contributed by atoms with Gasteiger partial charge in [-0.1, -0.05) is 18.2 Å². The number of nitro groups is 2. The number of nitro benzene ring substituents is 2. The minimum atomic E-state index is -0.758. The molecule has 0 saturated carbocycles. The van der Waals surface area contributed by atoms with Crippen LogP contribution in [0.5, 0.6) is 0 Å². The number of anilines is 1. The Balaban J connectivity index is 2.55. The Bertz CT molecular complexity index is 789. The summed E-state index contributed by atoms with van der Waals surface area (Å²) in [6, 6.07) is 10.6. The summed E-state index contributed by atoms with van der Waals surface area (Å²) in [5.74, 6) is -0.555. The summed E-state index contributed by atoms with van der Waals surface area (Å²) in [5, 5.41) is 22.0. The molecule has 0 heterocycles. The zero-order valence-corrected chi connectivity index (χ0v) is 12.4. The Labute approximate surface area is 131 Å². The molecule has 0 aliphatic rings. The van der Waals surface area contributed by atoms with Crippen LogP contribution in [0.25, 0.3) is 0 Å². The maximum Gasteiger partial charge on any atom is 0.279 e. The minimum absolute atomic E-state index is 0.0720.